The highest BCUT2D eigenvalue weighted by atomic mass is 16.5. The molecule has 0 saturated carbocycles. The Hall–Kier alpha value is -2.41. The van der Waals surface area contributed by atoms with Crippen LogP contribution in [-0.2, 0) is 30.5 Å². The second-order valence-electron chi connectivity index (χ2n) is 7.90. The van der Waals surface area contributed by atoms with E-state index in [9.17, 15) is 0 Å². The van der Waals surface area contributed by atoms with E-state index in [-0.39, 0.29) is 6.10 Å². The number of nitrogens with one attached hydrogen (secondary N) is 2. The van der Waals surface area contributed by atoms with E-state index in [4.69, 9.17) is 9.73 Å². The lowest BCUT2D eigenvalue weighted by Crippen LogP contribution is -2.46. The predicted octanol–water partition coefficient (Wildman–Crippen LogP) is 2.11. The summed E-state index contributed by atoms with van der Waals surface area (Å²) in [4.78, 5) is 4.85. The van der Waals surface area contributed by atoms with Crippen LogP contribution >= 0.6 is 0 Å². The molecule has 29 heavy (non-hydrogen) atoms. The number of benzene rings is 1. The summed E-state index contributed by atoms with van der Waals surface area (Å²) in [7, 11) is 0. The number of rotatable bonds is 7. The number of fused-ring (bicyclic) bond motifs is 1. The molecule has 2 aromatic rings. The molecule has 4 rings (SSSR count). The van der Waals surface area contributed by atoms with Gasteiger partial charge in [0.2, 0.25) is 0 Å². The summed E-state index contributed by atoms with van der Waals surface area (Å²) >= 11 is 0. The van der Waals surface area contributed by atoms with Crippen LogP contribution in [0.15, 0.2) is 35.6 Å². The smallest absolute Gasteiger partial charge is 0.191 e. The monoisotopic (exact) mass is 396 g/mol. The van der Waals surface area contributed by atoms with Crippen molar-refractivity contribution >= 4 is 5.96 Å². The van der Waals surface area contributed by atoms with Gasteiger partial charge in [0.1, 0.15) is 12.2 Å². The van der Waals surface area contributed by atoms with Crippen molar-refractivity contribution in [3.05, 3.63) is 47.5 Å². The highest BCUT2D eigenvalue weighted by molar-refractivity contribution is 5.80. The van der Waals surface area contributed by atoms with E-state index in [0.717, 1.165) is 70.0 Å². The Labute approximate surface area is 173 Å². The lowest BCUT2D eigenvalue weighted by molar-refractivity contribution is 0.117. The summed E-state index contributed by atoms with van der Waals surface area (Å²) in [6.07, 6.45) is 8.48. The van der Waals surface area contributed by atoms with Crippen LogP contribution in [0.3, 0.4) is 0 Å². The Bertz CT molecular complexity index is 811. The molecule has 2 heterocycles. The molecular weight excluding hydrogens is 364 g/mol. The highest BCUT2D eigenvalue weighted by Gasteiger charge is 2.20. The molecule has 2 aliphatic rings. The van der Waals surface area contributed by atoms with Gasteiger partial charge in [0, 0.05) is 32.2 Å². The van der Waals surface area contributed by atoms with Gasteiger partial charge < -0.3 is 19.9 Å². The summed E-state index contributed by atoms with van der Waals surface area (Å²) in [5.74, 6) is 1.90. The molecule has 0 radical (unpaired) electrons. The van der Waals surface area contributed by atoms with Crippen molar-refractivity contribution in [3.8, 4) is 0 Å². The number of ether oxygens (including phenoxy) is 1. The van der Waals surface area contributed by atoms with E-state index in [1.165, 1.54) is 11.1 Å². The van der Waals surface area contributed by atoms with Gasteiger partial charge in [0.05, 0.1) is 12.6 Å². The maximum atomic E-state index is 5.75. The Balaban J connectivity index is 1.36. The predicted molar refractivity (Wildman–Crippen MR) is 114 cm³/mol. The Morgan fingerprint density at radius 1 is 1.28 bits per heavy atom. The van der Waals surface area contributed by atoms with Gasteiger partial charge in [-0.1, -0.05) is 31.2 Å². The van der Waals surface area contributed by atoms with Crippen LogP contribution in [0.1, 0.15) is 43.1 Å². The third-order valence-electron chi connectivity index (χ3n) is 5.82. The fourth-order valence-electron chi connectivity index (χ4n) is 4.18. The van der Waals surface area contributed by atoms with Crippen molar-refractivity contribution in [2.24, 2.45) is 4.99 Å². The van der Waals surface area contributed by atoms with Crippen molar-refractivity contribution in [1.29, 1.82) is 0 Å². The molecule has 1 fully saturated rings. The summed E-state index contributed by atoms with van der Waals surface area (Å²) in [6, 6.07) is 9.18. The van der Waals surface area contributed by atoms with Crippen molar-refractivity contribution in [2.75, 3.05) is 19.7 Å². The maximum Gasteiger partial charge on any atom is 0.191 e. The average Bonchev–Trinajstić information content (AvgIpc) is 3.43. The molecule has 156 valence electrons. The molecule has 7 nitrogen and oxygen atoms in total. The van der Waals surface area contributed by atoms with E-state index in [0.29, 0.717) is 12.6 Å². The molecule has 0 amide bonds. The molecule has 0 spiro atoms. The number of nitrogens with zero attached hydrogens (tertiary/aromatic N) is 4. The minimum absolute atomic E-state index is 0.255. The van der Waals surface area contributed by atoms with Crippen molar-refractivity contribution in [2.45, 2.75) is 64.1 Å². The minimum atomic E-state index is 0.255. The Kier molecular flexibility index (Phi) is 6.77. The first kappa shape index (κ1) is 19.9. The van der Waals surface area contributed by atoms with Crippen LogP contribution in [0, 0.1) is 0 Å². The Morgan fingerprint density at radius 2 is 2.17 bits per heavy atom. The standard InChI is InChI=1S/C22H32N6O/c1-2-21-27-25-16-28(21)12-11-23-22(24-15-20-8-5-13-29-20)26-19-10-9-17-6-3-4-7-18(17)14-19/h3-4,6-7,16,19-20H,2,5,8-15H2,1H3,(H2,23,24,26). The first-order valence-corrected chi connectivity index (χ1v) is 10.9. The molecule has 2 unspecified atom stereocenters. The van der Waals surface area contributed by atoms with Gasteiger partial charge in [0.25, 0.3) is 0 Å². The van der Waals surface area contributed by atoms with Gasteiger partial charge in [0.15, 0.2) is 5.96 Å². The lowest BCUT2D eigenvalue weighted by atomic mass is 9.88. The fourth-order valence-corrected chi connectivity index (χ4v) is 4.18. The number of aryl methyl sites for hydroxylation is 2. The van der Waals surface area contributed by atoms with Crippen LogP contribution < -0.4 is 10.6 Å². The first-order valence-electron chi connectivity index (χ1n) is 10.9. The van der Waals surface area contributed by atoms with Crippen LogP contribution in [0.4, 0.5) is 0 Å². The first-order chi connectivity index (χ1) is 14.3. The molecule has 1 aliphatic carbocycles. The topological polar surface area (TPSA) is 76.4 Å². The molecule has 1 aromatic heterocycles. The molecule has 2 atom stereocenters. The second-order valence-corrected chi connectivity index (χ2v) is 7.90. The SMILES string of the molecule is CCc1nncn1CCNC(=NCC1CCCO1)NC1CCc2ccccc2C1. The largest absolute Gasteiger partial charge is 0.376 e. The maximum absolute atomic E-state index is 5.75. The van der Waals surface area contributed by atoms with Crippen molar-refractivity contribution in [3.63, 3.8) is 0 Å². The average molecular weight is 397 g/mol. The van der Waals surface area contributed by atoms with Crippen LogP contribution in [0.2, 0.25) is 0 Å². The van der Waals surface area contributed by atoms with Crippen LogP contribution in [-0.4, -0.2) is 52.6 Å². The number of guanidine groups is 1. The highest BCUT2D eigenvalue weighted by Crippen LogP contribution is 2.21. The van der Waals surface area contributed by atoms with Gasteiger partial charge in [-0.25, -0.2) is 0 Å². The molecule has 1 aliphatic heterocycles. The van der Waals surface area contributed by atoms with Gasteiger partial charge in [-0.3, -0.25) is 4.99 Å². The van der Waals surface area contributed by atoms with Gasteiger partial charge in [-0.2, -0.15) is 0 Å². The van der Waals surface area contributed by atoms with E-state index in [1.807, 2.05) is 0 Å². The second kappa shape index (κ2) is 9.87. The zero-order valence-electron chi connectivity index (χ0n) is 17.3. The van der Waals surface area contributed by atoms with E-state index >= 15 is 0 Å². The quantitative estimate of drug-likeness (QED) is 0.554. The van der Waals surface area contributed by atoms with Gasteiger partial charge in [-0.05, 0) is 43.2 Å². The third-order valence-corrected chi connectivity index (χ3v) is 5.82. The summed E-state index contributed by atoms with van der Waals surface area (Å²) in [6.45, 7) is 5.29. The third kappa shape index (κ3) is 5.35. The van der Waals surface area contributed by atoms with Gasteiger partial charge >= 0.3 is 0 Å². The molecule has 1 saturated heterocycles. The van der Waals surface area contributed by atoms with Gasteiger partial charge in [-0.15, -0.1) is 10.2 Å². The molecular formula is C22H32N6O. The normalized spacial score (nSPS) is 21.8. The summed E-state index contributed by atoms with van der Waals surface area (Å²) < 4.78 is 7.85. The minimum Gasteiger partial charge on any atom is -0.376 e. The van der Waals surface area contributed by atoms with E-state index in [2.05, 4.69) is 56.6 Å². The molecule has 1 aromatic carbocycles. The van der Waals surface area contributed by atoms with Crippen molar-refractivity contribution in [1.82, 2.24) is 25.4 Å². The number of aromatic nitrogens is 3. The van der Waals surface area contributed by atoms with E-state index in [1.54, 1.807) is 6.33 Å². The Morgan fingerprint density at radius 3 is 3.00 bits per heavy atom. The van der Waals surface area contributed by atoms with Crippen LogP contribution in [0.5, 0.6) is 0 Å². The fraction of sp³-hybridized carbons (Fsp3) is 0.591. The summed E-state index contributed by atoms with van der Waals surface area (Å²) in [5.41, 5.74) is 2.93. The van der Waals surface area contributed by atoms with Crippen LogP contribution in [0.25, 0.3) is 0 Å². The van der Waals surface area contributed by atoms with Crippen molar-refractivity contribution < 1.29 is 4.74 Å². The number of hydrogen-bond donors (Lipinski definition) is 2. The number of aliphatic imine (C=N–C) groups is 1. The zero-order valence-corrected chi connectivity index (χ0v) is 17.3. The lowest BCUT2D eigenvalue weighted by Gasteiger charge is -2.27. The zero-order chi connectivity index (χ0) is 19.9. The summed E-state index contributed by atoms with van der Waals surface area (Å²) in [5, 5.41) is 15.4. The molecule has 2 N–H and O–H groups in total. The molecule has 7 heteroatoms. The van der Waals surface area contributed by atoms with E-state index < -0.39 is 0 Å². The number of hydrogen-bond acceptors (Lipinski definition) is 4. The molecule has 0 bridgehead atoms.